The topological polar surface area (TPSA) is 65.0 Å². The molecule has 0 fully saturated rings. The number of methoxy groups -OCH3 is 1. The fourth-order valence-electron chi connectivity index (χ4n) is 1.78. The van der Waals surface area contributed by atoms with E-state index in [0.29, 0.717) is 12.1 Å². The number of fused-ring (bicyclic) bond motifs is 1. The second kappa shape index (κ2) is 4.37. The number of ether oxygens (including phenoxy) is 1. The second-order valence-corrected chi connectivity index (χ2v) is 5.40. The summed E-state index contributed by atoms with van der Waals surface area (Å²) < 4.78 is 31.3. The fourth-order valence-corrected chi connectivity index (χ4v) is 2.01. The van der Waals surface area contributed by atoms with Crippen molar-refractivity contribution in [3.8, 4) is 5.75 Å². The van der Waals surface area contributed by atoms with Crippen LogP contribution in [0.3, 0.4) is 0 Å². The average Bonchev–Trinajstić information content (AvgIpc) is 2.67. The minimum atomic E-state index is -3.54. The molecule has 1 aliphatic carbocycles. The Labute approximate surface area is 100 Å². The molecule has 0 spiro atoms. The number of rotatable bonds is 3. The standard InChI is InChI=1S/C11H13NO4S/c1-15-9-4-5-10-8(7-9)3-6-11(10)12-16-17(2,13)14/h4-5,7H,3,6H2,1-2H3. The van der Waals surface area contributed by atoms with Crippen LogP contribution >= 0.6 is 0 Å². The zero-order valence-corrected chi connectivity index (χ0v) is 10.5. The smallest absolute Gasteiger partial charge is 0.325 e. The van der Waals surface area contributed by atoms with Crippen molar-refractivity contribution in [1.82, 2.24) is 0 Å². The lowest BCUT2D eigenvalue weighted by molar-refractivity contribution is 0.342. The van der Waals surface area contributed by atoms with Crippen LogP contribution in [0.15, 0.2) is 23.4 Å². The van der Waals surface area contributed by atoms with Crippen molar-refractivity contribution in [3.05, 3.63) is 29.3 Å². The Bertz CT molecular complexity index is 563. The van der Waals surface area contributed by atoms with E-state index in [1.165, 1.54) is 0 Å². The lowest BCUT2D eigenvalue weighted by Crippen LogP contribution is -2.02. The molecule has 0 N–H and O–H groups in total. The van der Waals surface area contributed by atoms with Crippen LogP contribution in [0.5, 0.6) is 5.75 Å². The molecule has 0 radical (unpaired) electrons. The highest BCUT2D eigenvalue weighted by Gasteiger charge is 2.19. The summed E-state index contributed by atoms with van der Waals surface area (Å²) in [5.74, 6) is 0.786. The van der Waals surface area contributed by atoms with E-state index in [1.807, 2.05) is 18.2 Å². The van der Waals surface area contributed by atoms with Crippen LogP contribution in [0, 0.1) is 0 Å². The predicted octanol–water partition coefficient (Wildman–Crippen LogP) is 1.32. The van der Waals surface area contributed by atoms with Gasteiger partial charge in [0.2, 0.25) is 0 Å². The third-order valence-corrected chi connectivity index (χ3v) is 2.88. The van der Waals surface area contributed by atoms with Crippen molar-refractivity contribution in [2.75, 3.05) is 13.4 Å². The molecule has 0 saturated heterocycles. The third kappa shape index (κ3) is 2.76. The van der Waals surface area contributed by atoms with Gasteiger partial charge >= 0.3 is 10.1 Å². The van der Waals surface area contributed by atoms with Crippen LogP contribution in [0.2, 0.25) is 0 Å². The van der Waals surface area contributed by atoms with E-state index in [2.05, 4.69) is 9.44 Å². The normalized spacial score (nSPS) is 16.9. The molecule has 0 unspecified atom stereocenters. The summed E-state index contributed by atoms with van der Waals surface area (Å²) in [7, 11) is -1.93. The number of oxime groups is 1. The molecule has 92 valence electrons. The molecule has 0 amide bonds. The van der Waals surface area contributed by atoms with Gasteiger partial charge in [0.15, 0.2) is 0 Å². The van der Waals surface area contributed by atoms with Gasteiger partial charge in [-0.2, -0.15) is 8.42 Å². The van der Waals surface area contributed by atoms with E-state index < -0.39 is 10.1 Å². The molecule has 0 aliphatic heterocycles. The number of benzene rings is 1. The van der Waals surface area contributed by atoms with Crippen molar-refractivity contribution in [3.63, 3.8) is 0 Å². The quantitative estimate of drug-likeness (QED) is 0.764. The lowest BCUT2D eigenvalue weighted by Gasteiger charge is -2.03. The second-order valence-electron chi connectivity index (χ2n) is 3.84. The predicted molar refractivity (Wildman–Crippen MR) is 63.8 cm³/mol. The van der Waals surface area contributed by atoms with Gasteiger partial charge in [0.25, 0.3) is 0 Å². The number of aryl methyl sites for hydroxylation is 1. The van der Waals surface area contributed by atoms with Gasteiger partial charge in [0.1, 0.15) is 5.75 Å². The summed E-state index contributed by atoms with van der Waals surface area (Å²) in [6.45, 7) is 0. The monoisotopic (exact) mass is 255 g/mol. The Morgan fingerprint density at radius 3 is 2.71 bits per heavy atom. The Morgan fingerprint density at radius 2 is 2.06 bits per heavy atom. The highest BCUT2D eigenvalue weighted by atomic mass is 32.2. The Hall–Kier alpha value is -1.56. The van der Waals surface area contributed by atoms with E-state index in [4.69, 9.17) is 4.74 Å². The van der Waals surface area contributed by atoms with Crippen LogP contribution in [0.25, 0.3) is 0 Å². The first-order valence-corrected chi connectivity index (χ1v) is 6.94. The van der Waals surface area contributed by atoms with Gasteiger partial charge in [-0.15, -0.1) is 0 Å². The van der Waals surface area contributed by atoms with E-state index in [0.717, 1.165) is 29.6 Å². The van der Waals surface area contributed by atoms with Gasteiger partial charge in [0, 0.05) is 5.56 Å². The summed E-state index contributed by atoms with van der Waals surface area (Å²) >= 11 is 0. The van der Waals surface area contributed by atoms with E-state index >= 15 is 0 Å². The Morgan fingerprint density at radius 1 is 1.29 bits per heavy atom. The zero-order valence-electron chi connectivity index (χ0n) is 9.63. The maximum absolute atomic E-state index is 10.9. The maximum atomic E-state index is 10.9. The third-order valence-electron chi connectivity index (χ3n) is 2.54. The zero-order chi connectivity index (χ0) is 12.5. The van der Waals surface area contributed by atoms with Crippen molar-refractivity contribution in [1.29, 1.82) is 0 Å². The number of nitrogens with zero attached hydrogens (tertiary/aromatic N) is 1. The first-order chi connectivity index (χ1) is 7.99. The minimum Gasteiger partial charge on any atom is -0.497 e. The van der Waals surface area contributed by atoms with Gasteiger partial charge in [-0.3, -0.25) is 4.28 Å². The summed E-state index contributed by atoms with van der Waals surface area (Å²) in [6.07, 6.45) is 2.47. The summed E-state index contributed by atoms with van der Waals surface area (Å²) in [6, 6.07) is 5.62. The van der Waals surface area contributed by atoms with Crippen LogP contribution in [-0.2, 0) is 20.8 Å². The van der Waals surface area contributed by atoms with E-state index in [-0.39, 0.29) is 0 Å². The van der Waals surface area contributed by atoms with Crippen molar-refractivity contribution in [2.45, 2.75) is 12.8 Å². The molecule has 0 atom stereocenters. The summed E-state index contributed by atoms with van der Waals surface area (Å²) in [5, 5.41) is 3.68. The SMILES string of the molecule is COc1ccc2c(c1)CCC2=NOS(C)(=O)=O. The molecule has 6 heteroatoms. The summed E-state index contributed by atoms with van der Waals surface area (Å²) in [4.78, 5) is 0. The van der Waals surface area contributed by atoms with E-state index in [1.54, 1.807) is 7.11 Å². The molecule has 1 aliphatic rings. The summed E-state index contributed by atoms with van der Waals surface area (Å²) in [5.41, 5.74) is 2.68. The minimum absolute atomic E-state index is 0.660. The maximum Gasteiger partial charge on any atom is 0.325 e. The molecule has 17 heavy (non-hydrogen) atoms. The van der Waals surface area contributed by atoms with Crippen LogP contribution < -0.4 is 4.74 Å². The molecular formula is C11H13NO4S. The van der Waals surface area contributed by atoms with Crippen molar-refractivity contribution < 1.29 is 17.4 Å². The Balaban J connectivity index is 2.28. The first kappa shape index (κ1) is 11.9. The molecule has 0 aromatic heterocycles. The molecule has 5 nitrogen and oxygen atoms in total. The Kier molecular flexibility index (Phi) is 3.06. The van der Waals surface area contributed by atoms with Crippen molar-refractivity contribution >= 4 is 15.8 Å². The largest absolute Gasteiger partial charge is 0.497 e. The van der Waals surface area contributed by atoms with Gasteiger partial charge in [-0.1, -0.05) is 5.16 Å². The first-order valence-electron chi connectivity index (χ1n) is 5.12. The lowest BCUT2D eigenvalue weighted by atomic mass is 10.1. The molecule has 0 bridgehead atoms. The molecular weight excluding hydrogens is 242 g/mol. The molecule has 0 saturated carbocycles. The molecule has 1 aromatic rings. The highest BCUT2D eigenvalue weighted by Crippen LogP contribution is 2.26. The van der Waals surface area contributed by atoms with Crippen molar-refractivity contribution in [2.24, 2.45) is 5.16 Å². The van der Waals surface area contributed by atoms with Crippen LogP contribution in [0.1, 0.15) is 17.5 Å². The number of hydrogen-bond donors (Lipinski definition) is 0. The van der Waals surface area contributed by atoms with Gasteiger partial charge in [-0.25, -0.2) is 0 Å². The van der Waals surface area contributed by atoms with Gasteiger partial charge < -0.3 is 4.74 Å². The van der Waals surface area contributed by atoms with E-state index in [9.17, 15) is 8.42 Å². The van der Waals surface area contributed by atoms with Gasteiger partial charge in [-0.05, 0) is 36.6 Å². The van der Waals surface area contributed by atoms with Crippen LogP contribution in [0.4, 0.5) is 0 Å². The van der Waals surface area contributed by atoms with Gasteiger partial charge in [0.05, 0.1) is 19.1 Å². The fraction of sp³-hybridized carbons (Fsp3) is 0.364. The molecule has 2 rings (SSSR count). The van der Waals surface area contributed by atoms with Crippen LogP contribution in [-0.4, -0.2) is 27.5 Å². The highest BCUT2D eigenvalue weighted by molar-refractivity contribution is 7.85. The molecule has 1 aromatic carbocycles. The number of hydrogen-bond acceptors (Lipinski definition) is 5. The molecule has 0 heterocycles. The average molecular weight is 255 g/mol.